The Balaban J connectivity index is 0.00000161. The van der Waals surface area contributed by atoms with Gasteiger partial charge in [0.05, 0.1) is 6.54 Å². The summed E-state index contributed by atoms with van der Waals surface area (Å²) in [5, 5.41) is 0. The fourth-order valence-electron chi connectivity index (χ4n) is 3.36. The van der Waals surface area contributed by atoms with Crippen LogP contribution in [0.5, 0.6) is 0 Å². The largest absolute Gasteiger partial charge is 0.330 e. The van der Waals surface area contributed by atoms with Gasteiger partial charge in [-0.2, -0.15) is 0 Å². The van der Waals surface area contributed by atoms with Crippen molar-refractivity contribution in [3.05, 3.63) is 29.8 Å². The SMILES string of the molecule is Cl.NCC1CCCN(CC(=O)N2CCc3ccccc32)C1. The van der Waals surface area contributed by atoms with Gasteiger partial charge in [-0.1, -0.05) is 18.2 Å². The molecule has 1 saturated heterocycles. The van der Waals surface area contributed by atoms with Gasteiger partial charge >= 0.3 is 0 Å². The molecule has 1 aromatic rings. The van der Waals surface area contributed by atoms with Gasteiger partial charge in [0.15, 0.2) is 0 Å². The first kappa shape index (κ1) is 16.3. The van der Waals surface area contributed by atoms with Gasteiger partial charge < -0.3 is 10.6 Å². The van der Waals surface area contributed by atoms with Gasteiger partial charge in [-0.15, -0.1) is 12.4 Å². The zero-order chi connectivity index (χ0) is 13.9. The third-order valence-corrected chi connectivity index (χ3v) is 4.48. The average Bonchev–Trinajstić information content (AvgIpc) is 2.91. The lowest BCUT2D eigenvalue weighted by atomic mass is 9.98. The maximum absolute atomic E-state index is 12.5. The fourth-order valence-corrected chi connectivity index (χ4v) is 3.36. The summed E-state index contributed by atoms with van der Waals surface area (Å²) < 4.78 is 0. The Morgan fingerprint density at radius 2 is 2.10 bits per heavy atom. The van der Waals surface area contributed by atoms with E-state index in [2.05, 4.69) is 17.0 Å². The molecule has 0 aromatic heterocycles. The second-order valence-electron chi connectivity index (χ2n) is 5.90. The van der Waals surface area contributed by atoms with Crippen LogP contribution < -0.4 is 10.6 Å². The highest BCUT2D eigenvalue weighted by molar-refractivity contribution is 5.96. The summed E-state index contributed by atoms with van der Waals surface area (Å²) in [6.07, 6.45) is 3.34. The summed E-state index contributed by atoms with van der Waals surface area (Å²) in [6.45, 7) is 4.09. The van der Waals surface area contributed by atoms with Crippen LogP contribution >= 0.6 is 12.4 Å². The Labute approximate surface area is 132 Å². The third kappa shape index (κ3) is 3.57. The van der Waals surface area contributed by atoms with Crippen LogP contribution in [-0.4, -0.2) is 43.5 Å². The molecule has 1 fully saturated rings. The molecule has 116 valence electrons. The maximum atomic E-state index is 12.5. The standard InChI is InChI=1S/C16H23N3O.ClH/c17-10-13-4-3-8-18(11-13)12-16(20)19-9-7-14-5-1-2-6-15(14)19;/h1-2,5-6,13H,3-4,7-12,17H2;1H. The number of nitrogens with zero attached hydrogens (tertiary/aromatic N) is 2. The van der Waals surface area contributed by atoms with Gasteiger partial charge in [0.2, 0.25) is 5.91 Å². The molecule has 4 nitrogen and oxygen atoms in total. The molecule has 2 heterocycles. The average molecular weight is 310 g/mol. The number of para-hydroxylation sites is 1. The van der Waals surface area contributed by atoms with Crippen molar-refractivity contribution in [1.29, 1.82) is 0 Å². The Hall–Kier alpha value is -1.10. The Bertz CT molecular complexity index is 494. The van der Waals surface area contributed by atoms with Crippen LogP contribution in [0.15, 0.2) is 24.3 Å². The number of hydrogen-bond donors (Lipinski definition) is 1. The molecular formula is C16H24ClN3O. The fraction of sp³-hybridized carbons (Fsp3) is 0.562. The van der Waals surface area contributed by atoms with Gasteiger partial charge in [0, 0.05) is 18.8 Å². The van der Waals surface area contributed by atoms with Crippen LogP contribution in [0.3, 0.4) is 0 Å². The number of piperidine rings is 1. The van der Waals surface area contributed by atoms with Crippen LogP contribution in [0.1, 0.15) is 18.4 Å². The van der Waals surface area contributed by atoms with Crippen molar-refractivity contribution in [3.63, 3.8) is 0 Å². The lowest BCUT2D eigenvalue weighted by Crippen LogP contribution is -2.45. The minimum atomic E-state index is 0. The second kappa shape index (κ2) is 7.25. The predicted octanol–water partition coefficient (Wildman–Crippen LogP) is 1.67. The number of halogens is 1. The number of amides is 1. The van der Waals surface area contributed by atoms with Crippen molar-refractivity contribution in [2.45, 2.75) is 19.3 Å². The highest BCUT2D eigenvalue weighted by Crippen LogP contribution is 2.27. The van der Waals surface area contributed by atoms with Crippen molar-refractivity contribution in [1.82, 2.24) is 4.90 Å². The molecule has 21 heavy (non-hydrogen) atoms. The van der Waals surface area contributed by atoms with E-state index in [-0.39, 0.29) is 18.3 Å². The van der Waals surface area contributed by atoms with Crippen molar-refractivity contribution < 1.29 is 4.79 Å². The third-order valence-electron chi connectivity index (χ3n) is 4.48. The Kier molecular flexibility index (Phi) is 5.62. The van der Waals surface area contributed by atoms with Gasteiger partial charge in [0.25, 0.3) is 0 Å². The number of anilines is 1. The minimum Gasteiger partial charge on any atom is -0.330 e. The number of nitrogens with two attached hydrogens (primary N) is 1. The molecule has 1 amide bonds. The van der Waals surface area contributed by atoms with Gasteiger partial charge in [-0.25, -0.2) is 0 Å². The number of fused-ring (bicyclic) bond motifs is 1. The first-order valence-electron chi connectivity index (χ1n) is 7.58. The lowest BCUT2D eigenvalue weighted by Gasteiger charge is -2.32. The van der Waals surface area contributed by atoms with Crippen LogP contribution in [0.25, 0.3) is 0 Å². The molecule has 0 saturated carbocycles. The number of hydrogen-bond acceptors (Lipinski definition) is 3. The normalized spacial score (nSPS) is 21.8. The van der Waals surface area contributed by atoms with Crippen molar-refractivity contribution >= 4 is 24.0 Å². The van der Waals surface area contributed by atoms with E-state index in [0.29, 0.717) is 12.5 Å². The summed E-state index contributed by atoms with van der Waals surface area (Å²) in [5.41, 5.74) is 8.15. The van der Waals surface area contributed by atoms with Crippen molar-refractivity contribution in [2.24, 2.45) is 11.7 Å². The smallest absolute Gasteiger partial charge is 0.241 e. The van der Waals surface area contributed by atoms with Crippen LogP contribution in [0.2, 0.25) is 0 Å². The molecule has 0 spiro atoms. The highest BCUT2D eigenvalue weighted by Gasteiger charge is 2.27. The summed E-state index contributed by atoms with van der Waals surface area (Å²) in [5.74, 6) is 0.787. The van der Waals surface area contributed by atoms with Gasteiger partial charge in [-0.05, 0) is 49.9 Å². The number of benzene rings is 1. The van der Waals surface area contributed by atoms with Gasteiger partial charge in [-0.3, -0.25) is 9.69 Å². The highest BCUT2D eigenvalue weighted by atomic mass is 35.5. The molecule has 1 atom stereocenters. The lowest BCUT2D eigenvalue weighted by molar-refractivity contribution is -0.120. The summed E-state index contributed by atoms with van der Waals surface area (Å²) >= 11 is 0. The first-order valence-corrected chi connectivity index (χ1v) is 7.58. The summed E-state index contributed by atoms with van der Waals surface area (Å²) in [6, 6.07) is 8.23. The van der Waals surface area contributed by atoms with E-state index in [4.69, 9.17) is 5.73 Å². The number of carbonyl (C=O) groups excluding carboxylic acids is 1. The van der Waals surface area contributed by atoms with Crippen LogP contribution in [0.4, 0.5) is 5.69 Å². The van der Waals surface area contributed by atoms with E-state index in [9.17, 15) is 4.79 Å². The van der Waals surface area contributed by atoms with Gasteiger partial charge in [0.1, 0.15) is 0 Å². The topological polar surface area (TPSA) is 49.6 Å². The zero-order valence-corrected chi connectivity index (χ0v) is 13.1. The first-order chi connectivity index (χ1) is 9.78. The van der Waals surface area contributed by atoms with Crippen LogP contribution in [0, 0.1) is 5.92 Å². The van der Waals surface area contributed by atoms with E-state index in [1.165, 1.54) is 12.0 Å². The molecule has 1 unspecified atom stereocenters. The number of rotatable bonds is 3. The van der Waals surface area contributed by atoms with Crippen molar-refractivity contribution in [3.8, 4) is 0 Å². The van der Waals surface area contributed by atoms with Crippen molar-refractivity contribution in [2.75, 3.05) is 37.6 Å². The number of carbonyl (C=O) groups is 1. The maximum Gasteiger partial charge on any atom is 0.241 e. The van der Waals surface area contributed by atoms with E-state index in [1.807, 2.05) is 17.0 Å². The molecule has 2 aliphatic heterocycles. The monoisotopic (exact) mass is 309 g/mol. The minimum absolute atomic E-state index is 0. The quantitative estimate of drug-likeness (QED) is 0.924. The summed E-state index contributed by atoms with van der Waals surface area (Å²) in [7, 11) is 0. The zero-order valence-electron chi connectivity index (χ0n) is 12.3. The Morgan fingerprint density at radius 3 is 2.90 bits per heavy atom. The predicted molar refractivity (Wildman–Crippen MR) is 88.0 cm³/mol. The summed E-state index contributed by atoms with van der Waals surface area (Å²) in [4.78, 5) is 16.7. The molecular weight excluding hydrogens is 286 g/mol. The van der Waals surface area contributed by atoms with Crippen LogP contribution in [-0.2, 0) is 11.2 Å². The van der Waals surface area contributed by atoms with E-state index >= 15 is 0 Å². The molecule has 1 aromatic carbocycles. The molecule has 0 radical (unpaired) electrons. The van der Waals surface area contributed by atoms with E-state index in [0.717, 1.165) is 44.7 Å². The molecule has 0 aliphatic carbocycles. The molecule has 3 rings (SSSR count). The second-order valence-corrected chi connectivity index (χ2v) is 5.90. The molecule has 2 N–H and O–H groups in total. The molecule has 2 aliphatic rings. The molecule has 0 bridgehead atoms. The Morgan fingerprint density at radius 1 is 1.29 bits per heavy atom. The number of likely N-dealkylation sites (tertiary alicyclic amines) is 1. The molecule has 5 heteroatoms. The van der Waals surface area contributed by atoms with E-state index < -0.39 is 0 Å². The van der Waals surface area contributed by atoms with E-state index in [1.54, 1.807) is 0 Å².